The molecule has 0 unspecified atom stereocenters. The first-order chi connectivity index (χ1) is 12.4. The van der Waals surface area contributed by atoms with Crippen LogP contribution in [0, 0.1) is 6.92 Å². The number of ether oxygens (including phenoxy) is 2. The van der Waals surface area contributed by atoms with Gasteiger partial charge in [-0.15, -0.1) is 0 Å². The Morgan fingerprint density at radius 2 is 2.04 bits per heavy atom. The van der Waals surface area contributed by atoms with Crippen LogP contribution in [0.1, 0.15) is 12.5 Å². The number of anilines is 1. The molecule has 0 radical (unpaired) electrons. The quantitative estimate of drug-likeness (QED) is 0.777. The fourth-order valence-electron chi connectivity index (χ4n) is 2.73. The first-order valence-electron chi connectivity index (χ1n) is 8.60. The van der Waals surface area contributed by atoms with E-state index in [1.807, 2.05) is 6.92 Å². The molecule has 1 aromatic carbocycles. The maximum absolute atomic E-state index is 12.4. The topological polar surface area (TPSA) is 71.1 Å². The first kappa shape index (κ1) is 20.5. The molecule has 8 heteroatoms. The summed E-state index contributed by atoms with van der Waals surface area (Å²) in [5.41, 5.74) is 1.37. The number of aryl methyl sites for hydroxylation is 1. The lowest BCUT2D eigenvalue weighted by molar-refractivity contribution is -0.133. The van der Waals surface area contributed by atoms with Crippen molar-refractivity contribution in [2.45, 2.75) is 13.8 Å². The Kier molecular flexibility index (Phi) is 7.68. The first-order valence-corrected chi connectivity index (χ1v) is 8.98. The van der Waals surface area contributed by atoms with Crippen molar-refractivity contribution >= 4 is 29.1 Å². The van der Waals surface area contributed by atoms with Crippen LogP contribution in [-0.4, -0.2) is 74.7 Å². The van der Waals surface area contributed by atoms with E-state index in [-0.39, 0.29) is 18.4 Å². The normalized spacial score (nSPS) is 14.8. The fourth-order valence-corrected chi connectivity index (χ4v) is 2.88. The van der Waals surface area contributed by atoms with E-state index in [1.165, 1.54) is 14.0 Å². The Balaban J connectivity index is 1.95. The number of benzene rings is 1. The molecule has 0 atom stereocenters. The lowest BCUT2D eigenvalue weighted by Crippen LogP contribution is -2.44. The summed E-state index contributed by atoms with van der Waals surface area (Å²) in [6, 6.07) is 3.42. The van der Waals surface area contributed by atoms with Gasteiger partial charge < -0.3 is 19.7 Å². The van der Waals surface area contributed by atoms with Gasteiger partial charge in [-0.25, -0.2) is 0 Å². The number of nitrogens with zero attached hydrogens (tertiary/aromatic N) is 2. The number of carbonyl (C=O) groups is 2. The molecule has 1 aliphatic heterocycles. The highest BCUT2D eigenvalue weighted by Gasteiger charge is 2.18. The highest BCUT2D eigenvalue weighted by atomic mass is 35.5. The third-order valence-electron chi connectivity index (χ3n) is 4.32. The van der Waals surface area contributed by atoms with E-state index in [1.54, 1.807) is 17.0 Å². The summed E-state index contributed by atoms with van der Waals surface area (Å²) in [4.78, 5) is 28.1. The van der Waals surface area contributed by atoms with Crippen LogP contribution in [0.4, 0.5) is 5.69 Å². The number of methoxy groups -OCH3 is 1. The van der Waals surface area contributed by atoms with E-state index in [0.717, 1.165) is 25.2 Å². The Morgan fingerprint density at radius 1 is 1.35 bits per heavy atom. The Morgan fingerprint density at radius 3 is 2.65 bits per heavy atom. The van der Waals surface area contributed by atoms with Crippen LogP contribution in [-0.2, 0) is 14.3 Å². The van der Waals surface area contributed by atoms with E-state index in [9.17, 15) is 9.59 Å². The van der Waals surface area contributed by atoms with Crippen LogP contribution in [0.25, 0.3) is 0 Å². The van der Waals surface area contributed by atoms with Crippen molar-refractivity contribution in [1.82, 2.24) is 9.80 Å². The summed E-state index contributed by atoms with van der Waals surface area (Å²) in [7, 11) is 1.51. The van der Waals surface area contributed by atoms with Gasteiger partial charge in [-0.1, -0.05) is 11.6 Å². The second-order valence-corrected chi connectivity index (χ2v) is 6.65. The summed E-state index contributed by atoms with van der Waals surface area (Å²) < 4.78 is 10.6. The molecule has 2 amide bonds. The van der Waals surface area contributed by atoms with Gasteiger partial charge in [0.1, 0.15) is 5.75 Å². The number of hydrogen-bond donors (Lipinski definition) is 1. The molecule has 26 heavy (non-hydrogen) atoms. The van der Waals surface area contributed by atoms with E-state index in [4.69, 9.17) is 21.1 Å². The standard InChI is InChI=1S/C18H26ClN3O4/c1-13-10-16(17(25-3)11-15(13)19)20-18(24)12-22(14(2)23)5-4-21-6-8-26-9-7-21/h10-11H,4-9,12H2,1-3H3,(H,20,24). The van der Waals surface area contributed by atoms with Crippen LogP contribution < -0.4 is 10.1 Å². The molecule has 144 valence electrons. The minimum absolute atomic E-state index is 0.00942. The molecule has 1 fully saturated rings. The van der Waals surface area contributed by atoms with Crippen molar-refractivity contribution in [3.8, 4) is 5.75 Å². The molecular weight excluding hydrogens is 358 g/mol. The highest BCUT2D eigenvalue weighted by molar-refractivity contribution is 6.31. The molecule has 2 rings (SSSR count). The molecule has 0 aliphatic carbocycles. The van der Waals surface area contributed by atoms with Gasteiger partial charge in [0.15, 0.2) is 0 Å². The smallest absolute Gasteiger partial charge is 0.244 e. The van der Waals surface area contributed by atoms with Crippen molar-refractivity contribution in [3.63, 3.8) is 0 Å². The number of nitrogens with one attached hydrogen (secondary N) is 1. The van der Waals surface area contributed by atoms with Crippen molar-refractivity contribution in [1.29, 1.82) is 0 Å². The van der Waals surface area contributed by atoms with E-state index < -0.39 is 0 Å². The molecule has 0 spiro atoms. The Bertz CT molecular complexity index is 648. The van der Waals surface area contributed by atoms with Gasteiger partial charge in [0, 0.05) is 44.2 Å². The number of amides is 2. The predicted octanol–water partition coefficient (Wildman–Crippen LogP) is 1.78. The second-order valence-electron chi connectivity index (χ2n) is 6.24. The van der Waals surface area contributed by atoms with Gasteiger partial charge in [-0.3, -0.25) is 14.5 Å². The summed E-state index contributed by atoms with van der Waals surface area (Å²) in [5, 5.41) is 3.37. The van der Waals surface area contributed by atoms with Gasteiger partial charge in [0.05, 0.1) is 32.6 Å². The van der Waals surface area contributed by atoms with E-state index >= 15 is 0 Å². The predicted molar refractivity (Wildman–Crippen MR) is 101 cm³/mol. The number of halogens is 1. The van der Waals surface area contributed by atoms with Crippen molar-refractivity contribution in [2.24, 2.45) is 0 Å². The average molecular weight is 384 g/mol. The van der Waals surface area contributed by atoms with E-state index in [0.29, 0.717) is 36.2 Å². The van der Waals surface area contributed by atoms with Crippen LogP contribution in [0.15, 0.2) is 12.1 Å². The van der Waals surface area contributed by atoms with Gasteiger partial charge in [-0.05, 0) is 18.6 Å². The zero-order chi connectivity index (χ0) is 19.1. The lowest BCUT2D eigenvalue weighted by atomic mass is 10.2. The summed E-state index contributed by atoms with van der Waals surface area (Å²) in [6.45, 7) is 7.63. The minimum Gasteiger partial charge on any atom is -0.495 e. The summed E-state index contributed by atoms with van der Waals surface area (Å²) >= 11 is 6.08. The molecule has 0 aromatic heterocycles. The number of hydrogen-bond acceptors (Lipinski definition) is 5. The number of morpholine rings is 1. The molecule has 1 aliphatic rings. The molecule has 1 heterocycles. The largest absolute Gasteiger partial charge is 0.495 e. The van der Waals surface area contributed by atoms with Crippen LogP contribution in [0.5, 0.6) is 5.75 Å². The SMILES string of the molecule is COc1cc(Cl)c(C)cc1NC(=O)CN(CCN1CCOCC1)C(C)=O. The molecule has 1 N–H and O–H groups in total. The zero-order valence-corrected chi connectivity index (χ0v) is 16.3. The Hall–Kier alpha value is -1.83. The van der Waals surface area contributed by atoms with Crippen LogP contribution in [0.3, 0.4) is 0 Å². The maximum atomic E-state index is 12.4. The third-order valence-corrected chi connectivity index (χ3v) is 4.73. The van der Waals surface area contributed by atoms with Gasteiger partial charge in [-0.2, -0.15) is 0 Å². The van der Waals surface area contributed by atoms with Gasteiger partial charge in [0.2, 0.25) is 11.8 Å². The fraction of sp³-hybridized carbons (Fsp3) is 0.556. The van der Waals surface area contributed by atoms with Gasteiger partial charge in [0.25, 0.3) is 0 Å². The zero-order valence-electron chi connectivity index (χ0n) is 15.5. The lowest BCUT2D eigenvalue weighted by Gasteiger charge is -2.29. The Labute approximate surface area is 159 Å². The highest BCUT2D eigenvalue weighted by Crippen LogP contribution is 2.30. The molecule has 1 aromatic rings. The summed E-state index contributed by atoms with van der Waals surface area (Å²) in [6.07, 6.45) is 0. The van der Waals surface area contributed by atoms with Crippen molar-refractivity contribution < 1.29 is 19.1 Å². The molecule has 0 saturated carbocycles. The molecule has 0 bridgehead atoms. The van der Waals surface area contributed by atoms with E-state index in [2.05, 4.69) is 10.2 Å². The molecular formula is C18H26ClN3O4. The summed E-state index contributed by atoms with van der Waals surface area (Å²) in [5.74, 6) is 0.0755. The molecule has 7 nitrogen and oxygen atoms in total. The average Bonchev–Trinajstić information content (AvgIpc) is 2.62. The second kappa shape index (κ2) is 9.75. The minimum atomic E-state index is -0.276. The van der Waals surface area contributed by atoms with Gasteiger partial charge >= 0.3 is 0 Å². The molecule has 1 saturated heterocycles. The van der Waals surface area contributed by atoms with Crippen molar-refractivity contribution in [3.05, 3.63) is 22.7 Å². The van der Waals surface area contributed by atoms with Crippen LogP contribution >= 0.6 is 11.6 Å². The number of rotatable bonds is 7. The van der Waals surface area contributed by atoms with Crippen LogP contribution in [0.2, 0.25) is 5.02 Å². The maximum Gasteiger partial charge on any atom is 0.244 e. The monoisotopic (exact) mass is 383 g/mol. The van der Waals surface area contributed by atoms with Crippen molar-refractivity contribution in [2.75, 3.05) is 58.4 Å². The number of carbonyl (C=O) groups excluding carboxylic acids is 2. The third kappa shape index (κ3) is 5.86.